The van der Waals surface area contributed by atoms with Gasteiger partial charge in [-0.05, 0) is 39.1 Å². The van der Waals surface area contributed by atoms with Gasteiger partial charge in [-0.3, -0.25) is 0 Å². The maximum absolute atomic E-state index is 5.66. The van der Waals surface area contributed by atoms with Crippen LogP contribution in [0.25, 0.3) is 11.0 Å². The Labute approximate surface area is 124 Å². The highest BCUT2D eigenvalue weighted by atomic mass is 16.3. The maximum Gasteiger partial charge on any atom is 0.111 e. The second-order valence-corrected chi connectivity index (χ2v) is 5.49. The van der Waals surface area contributed by atoms with Crippen LogP contribution in [0, 0.1) is 13.8 Å². The SMILES string of the molecule is CNC(Cc1nc2ccccc2n1C)c1cc(C)oc1C. The van der Waals surface area contributed by atoms with Gasteiger partial charge in [0.2, 0.25) is 0 Å². The van der Waals surface area contributed by atoms with Crippen molar-refractivity contribution in [2.75, 3.05) is 7.05 Å². The van der Waals surface area contributed by atoms with E-state index in [1.54, 1.807) is 0 Å². The van der Waals surface area contributed by atoms with E-state index in [1.165, 1.54) is 11.1 Å². The highest BCUT2D eigenvalue weighted by Crippen LogP contribution is 2.25. The van der Waals surface area contributed by atoms with E-state index in [0.29, 0.717) is 0 Å². The van der Waals surface area contributed by atoms with E-state index < -0.39 is 0 Å². The molecule has 0 saturated heterocycles. The lowest BCUT2D eigenvalue weighted by Gasteiger charge is -2.15. The van der Waals surface area contributed by atoms with Crippen molar-refractivity contribution in [2.45, 2.75) is 26.3 Å². The van der Waals surface area contributed by atoms with Crippen LogP contribution in [0.1, 0.15) is 29.0 Å². The molecule has 21 heavy (non-hydrogen) atoms. The quantitative estimate of drug-likeness (QED) is 0.799. The fourth-order valence-electron chi connectivity index (χ4n) is 2.92. The van der Waals surface area contributed by atoms with Crippen molar-refractivity contribution in [3.05, 3.63) is 53.2 Å². The summed E-state index contributed by atoms with van der Waals surface area (Å²) < 4.78 is 7.83. The van der Waals surface area contributed by atoms with Gasteiger partial charge in [-0.25, -0.2) is 4.98 Å². The summed E-state index contributed by atoms with van der Waals surface area (Å²) in [7, 11) is 4.06. The molecule has 2 aromatic heterocycles. The Balaban J connectivity index is 1.96. The fraction of sp³-hybridized carbons (Fsp3) is 0.353. The van der Waals surface area contributed by atoms with Gasteiger partial charge in [-0.15, -0.1) is 0 Å². The molecule has 110 valence electrons. The Morgan fingerprint density at radius 3 is 2.67 bits per heavy atom. The molecule has 3 aromatic rings. The molecule has 0 bridgehead atoms. The molecule has 0 radical (unpaired) electrons. The first-order chi connectivity index (χ1) is 10.1. The average molecular weight is 283 g/mol. The van der Waals surface area contributed by atoms with E-state index in [2.05, 4.69) is 35.1 Å². The summed E-state index contributed by atoms with van der Waals surface area (Å²) in [5.74, 6) is 3.01. The molecule has 0 amide bonds. The molecule has 0 aliphatic carbocycles. The van der Waals surface area contributed by atoms with Crippen LogP contribution in [-0.2, 0) is 13.5 Å². The molecule has 2 heterocycles. The van der Waals surface area contributed by atoms with Crippen LogP contribution in [0.4, 0.5) is 0 Å². The fourth-order valence-corrected chi connectivity index (χ4v) is 2.92. The topological polar surface area (TPSA) is 43.0 Å². The Kier molecular flexibility index (Phi) is 3.55. The summed E-state index contributed by atoms with van der Waals surface area (Å²) in [5, 5.41) is 3.38. The van der Waals surface area contributed by atoms with Gasteiger partial charge in [0.05, 0.1) is 11.0 Å². The first kappa shape index (κ1) is 13.9. The van der Waals surface area contributed by atoms with Crippen molar-refractivity contribution in [1.29, 1.82) is 0 Å². The third kappa shape index (κ3) is 2.47. The molecule has 1 N–H and O–H groups in total. The highest BCUT2D eigenvalue weighted by molar-refractivity contribution is 5.75. The van der Waals surface area contributed by atoms with Crippen LogP contribution in [-0.4, -0.2) is 16.6 Å². The van der Waals surface area contributed by atoms with Crippen molar-refractivity contribution in [3.63, 3.8) is 0 Å². The standard InChI is InChI=1S/C17H21N3O/c1-11-9-13(12(2)21-11)15(18-3)10-17-19-14-7-5-6-8-16(14)20(17)4/h5-9,15,18H,10H2,1-4H3. The van der Waals surface area contributed by atoms with E-state index >= 15 is 0 Å². The lowest BCUT2D eigenvalue weighted by molar-refractivity contribution is 0.487. The number of nitrogens with one attached hydrogen (secondary N) is 1. The predicted octanol–water partition coefficient (Wildman–Crippen LogP) is 3.29. The van der Waals surface area contributed by atoms with Crippen LogP contribution < -0.4 is 5.32 Å². The van der Waals surface area contributed by atoms with Gasteiger partial charge in [-0.2, -0.15) is 0 Å². The van der Waals surface area contributed by atoms with Crippen LogP contribution in [0.5, 0.6) is 0 Å². The highest BCUT2D eigenvalue weighted by Gasteiger charge is 2.19. The number of likely N-dealkylation sites (N-methyl/N-ethyl adjacent to an activating group) is 1. The minimum absolute atomic E-state index is 0.206. The van der Waals surface area contributed by atoms with E-state index in [0.717, 1.165) is 29.3 Å². The zero-order valence-electron chi connectivity index (χ0n) is 13.0. The zero-order valence-corrected chi connectivity index (χ0v) is 13.0. The van der Waals surface area contributed by atoms with E-state index in [1.807, 2.05) is 33.0 Å². The predicted molar refractivity (Wildman–Crippen MR) is 84.4 cm³/mol. The molecule has 0 spiro atoms. The van der Waals surface area contributed by atoms with Crippen molar-refractivity contribution in [2.24, 2.45) is 7.05 Å². The van der Waals surface area contributed by atoms with Gasteiger partial charge >= 0.3 is 0 Å². The van der Waals surface area contributed by atoms with Crippen molar-refractivity contribution >= 4 is 11.0 Å². The van der Waals surface area contributed by atoms with Crippen molar-refractivity contribution in [3.8, 4) is 0 Å². The number of furan rings is 1. The monoisotopic (exact) mass is 283 g/mol. The average Bonchev–Trinajstić information content (AvgIpc) is 2.97. The van der Waals surface area contributed by atoms with Gasteiger partial charge < -0.3 is 14.3 Å². The molecule has 0 saturated carbocycles. The lowest BCUT2D eigenvalue weighted by Crippen LogP contribution is -2.20. The number of fused-ring (bicyclic) bond motifs is 1. The molecule has 1 unspecified atom stereocenters. The number of hydrogen-bond acceptors (Lipinski definition) is 3. The third-order valence-electron chi connectivity index (χ3n) is 4.07. The third-order valence-corrected chi connectivity index (χ3v) is 4.07. The minimum Gasteiger partial charge on any atom is -0.466 e. The van der Waals surface area contributed by atoms with Gasteiger partial charge in [0.1, 0.15) is 17.3 Å². The molecule has 0 fully saturated rings. The minimum atomic E-state index is 0.206. The van der Waals surface area contributed by atoms with E-state index in [4.69, 9.17) is 9.40 Å². The second kappa shape index (κ2) is 5.37. The Morgan fingerprint density at radius 2 is 2.05 bits per heavy atom. The number of imidazole rings is 1. The number of aryl methyl sites for hydroxylation is 3. The van der Waals surface area contributed by atoms with Crippen LogP contribution in [0.2, 0.25) is 0 Å². The largest absolute Gasteiger partial charge is 0.466 e. The van der Waals surface area contributed by atoms with Crippen LogP contribution in [0.3, 0.4) is 0 Å². The van der Waals surface area contributed by atoms with E-state index in [9.17, 15) is 0 Å². The maximum atomic E-state index is 5.66. The van der Waals surface area contributed by atoms with Crippen molar-refractivity contribution in [1.82, 2.24) is 14.9 Å². The Hall–Kier alpha value is -2.07. The number of nitrogens with zero attached hydrogens (tertiary/aromatic N) is 2. The zero-order chi connectivity index (χ0) is 15.0. The van der Waals surface area contributed by atoms with Crippen LogP contribution in [0.15, 0.2) is 34.7 Å². The van der Waals surface area contributed by atoms with Gasteiger partial charge in [0.25, 0.3) is 0 Å². The summed E-state index contributed by atoms with van der Waals surface area (Å²) >= 11 is 0. The van der Waals surface area contributed by atoms with Gasteiger partial charge in [0.15, 0.2) is 0 Å². The number of rotatable bonds is 4. The first-order valence-corrected chi connectivity index (χ1v) is 7.24. The molecule has 0 aliphatic heterocycles. The number of para-hydroxylation sites is 2. The molecular formula is C17H21N3O. The number of hydrogen-bond donors (Lipinski definition) is 1. The molecule has 4 heteroatoms. The summed E-state index contributed by atoms with van der Waals surface area (Å²) in [6.45, 7) is 4.00. The Morgan fingerprint density at radius 1 is 1.29 bits per heavy atom. The summed E-state index contributed by atoms with van der Waals surface area (Å²) in [5.41, 5.74) is 3.43. The van der Waals surface area contributed by atoms with Gasteiger partial charge in [0, 0.05) is 25.1 Å². The number of benzene rings is 1. The number of aromatic nitrogens is 2. The molecule has 0 aliphatic rings. The second-order valence-electron chi connectivity index (χ2n) is 5.49. The molecule has 4 nitrogen and oxygen atoms in total. The summed E-state index contributed by atoms with van der Waals surface area (Å²) in [6.07, 6.45) is 0.835. The molecular weight excluding hydrogens is 262 g/mol. The van der Waals surface area contributed by atoms with E-state index in [-0.39, 0.29) is 6.04 Å². The summed E-state index contributed by atoms with van der Waals surface area (Å²) in [4.78, 5) is 4.75. The summed E-state index contributed by atoms with van der Waals surface area (Å²) in [6, 6.07) is 10.6. The molecule has 3 rings (SSSR count). The molecule has 1 atom stereocenters. The Bertz CT molecular complexity index is 770. The lowest BCUT2D eigenvalue weighted by atomic mass is 10.0. The van der Waals surface area contributed by atoms with Crippen molar-refractivity contribution < 1.29 is 4.42 Å². The van der Waals surface area contributed by atoms with Gasteiger partial charge in [-0.1, -0.05) is 12.1 Å². The normalized spacial score (nSPS) is 13.0. The first-order valence-electron chi connectivity index (χ1n) is 7.24. The smallest absolute Gasteiger partial charge is 0.111 e. The molecule has 1 aromatic carbocycles. The van der Waals surface area contributed by atoms with Crippen LogP contribution >= 0.6 is 0 Å².